The van der Waals surface area contributed by atoms with Crippen molar-refractivity contribution >= 4 is 5.69 Å². The zero-order valence-corrected chi connectivity index (χ0v) is 11.7. The third kappa shape index (κ3) is 4.20. The van der Waals surface area contributed by atoms with Gasteiger partial charge in [0.1, 0.15) is 11.9 Å². The Bertz CT molecular complexity index is 738. The average Bonchev–Trinajstić information content (AvgIpc) is 2.52. The number of nitriles is 1. The highest BCUT2D eigenvalue weighted by molar-refractivity contribution is 5.57. The highest BCUT2D eigenvalue weighted by atomic mass is 19.4. The molecule has 0 aliphatic heterocycles. The van der Waals surface area contributed by atoms with Crippen molar-refractivity contribution in [2.24, 2.45) is 0 Å². The maximum absolute atomic E-state index is 13.0. The Labute approximate surface area is 129 Å². The largest absolute Gasteiger partial charge is 0.416 e. The van der Waals surface area contributed by atoms with Gasteiger partial charge in [0, 0.05) is 6.54 Å². The van der Waals surface area contributed by atoms with Crippen LogP contribution in [0.25, 0.3) is 0 Å². The van der Waals surface area contributed by atoms with Crippen LogP contribution in [0.4, 0.5) is 23.2 Å². The maximum Gasteiger partial charge on any atom is 0.416 e. The Balaban J connectivity index is 2.12. The van der Waals surface area contributed by atoms with E-state index in [1.165, 1.54) is 18.2 Å². The van der Waals surface area contributed by atoms with Crippen molar-refractivity contribution in [1.82, 2.24) is 0 Å². The summed E-state index contributed by atoms with van der Waals surface area (Å²) in [7, 11) is 0. The molecule has 0 heterocycles. The molecule has 0 spiro atoms. The molecule has 23 heavy (non-hydrogen) atoms. The van der Waals surface area contributed by atoms with Gasteiger partial charge in [-0.1, -0.05) is 12.1 Å². The quantitative estimate of drug-likeness (QED) is 0.840. The summed E-state index contributed by atoms with van der Waals surface area (Å²) >= 11 is 0. The molecule has 2 rings (SSSR count). The Morgan fingerprint density at radius 3 is 2.57 bits per heavy atom. The topological polar surface area (TPSA) is 56.0 Å². The number of benzene rings is 2. The Kier molecular flexibility index (Phi) is 4.86. The minimum atomic E-state index is -4.49. The van der Waals surface area contributed by atoms with E-state index in [-0.39, 0.29) is 17.7 Å². The summed E-state index contributed by atoms with van der Waals surface area (Å²) < 4.78 is 51.0. The zero-order chi connectivity index (χ0) is 17.0. The van der Waals surface area contributed by atoms with Crippen LogP contribution >= 0.6 is 0 Å². The number of halogens is 4. The first kappa shape index (κ1) is 16.8. The fourth-order valence-corrected chi connectivity index (χ4v) is 2.01. The van der Waals surface area contributed by atoms with Gasteiger partial charge < -0.3 is 10.4 Å². The van der Waals surface area contributed by atoms with Crippen molar-refractivity contribution in [2.75, 3.05) is 11.9 Å². The molecule has 1 atom stereocenters. The number of alkyl halides is 3. The van der Waals surface area contributed by atoms with Crippen LogP contribution in [0.15, 0.2) is 42.5 Å². The highest BCUT2D eigenvalue weighted by Crippen LogP contribution is 2.30. The number of anilines is 1. The second-order valence-corrected chi connectivity index (χ2v) is 4.82. The van der Waals surface area contributed by atoms with Crippen LogP contribution < -0.4 is 5.32 Å². The fraction of sp³-hybridized carbons (Fsp3) is 0.188. The van der Waals surface area contributed by atoms with Crippen molar-refractivity contribution in [3.05, 3.63) is 65.0 Å². The van der Waals surface area contributed by atoms with E-state index in [2.05, 4.69) is 5.32 Å². The van der Waals surface area contributed by atoms with E-state index in [1.54, 1.807) is 6.07 Å². The van der Waals surface area contributed by atoms with Gasteiger partial charge in [-0.15, -0.1) is 0 Å². The number of rotatable bonds is 4. The lowest BCUT2D eigenvalue weighted by molar-refractivity contribution is -0.137. The molecule has 3 nitrogen and oxygen atoms in total. The summed E-state index contributed by atoms with van der Waals surface area (Å²) in [6, 6.07) is 9.65. The molecular weight excluding hydrogens is 312 g/mol. The predicted octanol–water partition coefficient (Wildman–Crippen LogP) is 3.86. The molecule has 120 valence electrons. The summed E-state index contributed by atoms with van der Waals surface area (Å²) in [6.45, 7) is -0.123. The van der Waals surface area contributed by atoms with E-state index in [9.17, 15) is 22.7 Å². The molecule has 0 aromatic heterocycles. The number of aliphatic hydroxyl groups excluding tert-OH is 1. The Morgan fingerprint density at radius 1 is 1.17 bits per heavy atom. The van der Waals surface area contributed by atoms with Gasteiger partial charge in [0.05, 0.1) is 22.9 Å². The molecule has 7 heteroatoms. The van der Waals surface area contributed by atoms with Crippen LogP contribution in [0.3, 0.4) is 0 Å². The molecule has 2 N–H and O–H groups in total. The lowest BCUT2D eigenvalue weighted by atomic mass is 10.1. The molecular formula is C16H12F4N2O. The predicted molar refractivity (Wildman–Crippen MR) is 76.0 cm³/mol. The minimum Gasteiger partial charge on any atom is -0.387 e. The van der Waals surface area contributed by atoms with Crippen molar-refractivity contribution in [1.29, 1.82) is 5.26 Å². The van der Waals surface area contributed by atoms with Crippen molar-refractivity contribution in [2.45, 2.75) is 12.3 Å². The Hall–Kier alpha value is -2.59. The SMILES string of the molecule is N#Cc1cc(F)ccc1NCC(O)c1cccc(C(F)(F)F)c1. The standard InChI is InChI=1S/C16H12F4N2O/c17-13-4-5-14(11(7-13)8-21)22-9-15(23)10-2-1-3-12(6-10)16(18,19)20/h1-7,15,22-23H,9H2. The van der Waals surface area contributed by atoms with Crippen molar-refractivity contribution in [3.8, 4) is 6.07 Å². The van der Waals surface area contributed by atoms with E-state index < -0.39 is 23.7 Å². The molecule has 0 saturated carbocycles. The first-order valence-corrected chi connectivity index (χ1v) is 6.60. The van der Waals surface area contributed by atoms with Gasteiger partial charge in [0.2, 0.25) is 0 Å². The van der Waals surface area contributed by atoms with Gasteiger partial charge in [-0.25, -0.2) is 4.39 Å². The Morgan fingerprint density at radius 2 is 1.91 bits per heavy atom. The van der Waals surface area contributed by atoms with Crippen LogP contribution in [0, 0.1) is 17.1 Å². The summed E-state index contributed by atoms with van der Waals surface area (Å²) in [4.78, 5) is 0. The average molecular weight is 324 g/mol. The molecule has 2 aromatic rings. The summed E-state index contributed by atoms with van der Waals surface area (Å²) in [5.74, 6) is -0.578. The van der Waals surface area contributed by atoms with E-state index in [4.69, 9.17) is 5.26 Å². The molecule has 0 radical (unpaired) electrons. The second kappa shape index (κ2) is 6.67. The number of nitrogens with zero attached hydrogens (tertiary/aromatic N) is 1. The number of aliphatic hydroxyl groups is 1. The summed E-state index contributed by atoms with van der Waals surface area (Å²) in [6.07, 6.45) is -5.71. The van der Waals surface area contributed by atoms with Gasteiger partial charge in [0.15, 0.2) is 0 Å². The monoisotopic (exact) mass is 324 g/mol. The highest BCUT2D eigenvalue weighted by Gasteiger charge is 2.30. The summed E-state index contributed by atoms with van der Waals surface area (Å²) in [5, 5.41) is 21.6. The van der Waals surface area contributed by atoms with Crippen LogP contribution in [-0.4, -0.2) is 11.7 Å². The van der Waals surface area contributed by atoms with Crippen molar-refractivity contribution < 1.29 is 22.7 Å². The molecule has 0 fully saturated rings. The number of nitrogens with one attached hydrogen (secondary N) is 1. The van der Waals surface area contributed by atoms with Crippen LogP contribution in [0.2, 0.25) is 0 Å². The molecule has 0 aliphatic rings. The first-order valence-electron chi connectivity index (χ1n) is 6.60. The van der Waals surface area contributed by atoms with Gasteiger partial charge in [0.25, 0.3) is 0 Å². The fourth-order valence-electron chi connectivity index (χ4n) is 2.01. The lowest BCUT2D eigenvalue weighted by Gasteiger charge is -2.15. The van der Waals surface area contributed by atoms with Crippen LogP contribution in [0.1, 0.15) is 22.8 Å². The van der Waals surface area contributed by atoms with Gasteiger partial charge in [-0.2, -0.15) is 18.4 Å². The van der Waals surface area contributed by atoms with Gasteiger partial charge in [-0.05, 0) is 35.9 Å². The van der Waals surface area contributed by atoms with E-state index in [0.29, 0.717) is 5.69 Å². The first-order chi connectivity index (χ1) is 10.8. The third-order valence-corrected chi connectivity index (χ3v) is 3.19. The number of hydrogen-bond donors (Lipinski definition) is 2. The van der Waals surface area contributed by atoms with Gasteiger partial charge >= 0.3 is 6.18 Å². The summed E-state index contributed by atoms with van der Waals surface area (Å²) in [5.41, 5.74) is -0.428. The van der Waals surface area contributed by atoms with Crippen LogP contribution in [0.5, 0.6) is 0 Å². The van der Waals surface area contributed by atoms with E-state index >= 15 is 0 Å². The van der Waals surface area contributed by atoms with Gasteiger partial charge in [-0.3, -0.25) is 0 Å². The normalized spacial score (nSPS) is 12.5. The third-order valence-electron chi connectivity index (χ3n) is 3.19. The maximum atomic E-state index is 13.0. The van der Waals surface area contributed by atoms with E-state index in [1.807, 2.05) is 0 Å². The zero-order valence-electron chi connectivity index (χ0n) is 11.7. The van der Waals surface area contributed by atoms with E-state index in [0.717, 1.165) is 24.3 Å². The molecule has 0 aliphatic carbocycles. The van der Waals surface area contributed by atoms with Crippen LogP contribution in [-0.2, 0) is 6.18 Å². The van der Waals surface area contributed by atoms with Crippen molar-refractivity contribution in [3.63, 3.8) is 0 Å². The molecule has 1 unspecified atom stereocenters. The lowest BCUT2D eigenvalue weighted by Crippen LogP contribution is -2.14. The molecule has 0 bridgehead atoms. The minimum absolute atomic E-state index is 0.0428. The second-order valence-electron chi connectivity index (χ2n) is 4.82. The molecule has 2 aromatic carbocycles. The molecule has 0 amide bonds. The number of hydrogen-bond acceptors (Lipinski definition) is 3. The smallest absolute Gasteiger partial charge is 0.387 e. The molecule has 0 saturated heterocycles.